The molecule has 118 valence electrons. The highest BCUT2D eigenvalue weighted by molar-refractivity contribution is 7.92. The summed E-state index contributed by atoms with van der Waals surface area (Å²) in [6.45, 7) is 4.00. The lowest BCUT2D eigenvalue weighted by molar-refractivity contribution is 0.593. The molecule has 3 rings (SSSR count). The average Bonchev–Trinajstić information content (AvgIpc) is 3.31. The summed E-state index contributed by atoms with van der Waals surface area (Å²) >= 11 is 0. The summed E-state index contributed by atoms with van der Waals surface area (Å²) in [6, 6.07) is 17.0. The second kappa shape index (κ2) is 5.82. The first kappa shape index (κ1) is 15.8. The van der Waals surface area contributed by atoms with Gasteiger partial charge in [0, 0.05) is 5.92 Å². The summed E-state index contributed by atoms with van der Waals surface area (Å²) < 4.78 is 25.7. The van der Waals surface area contributed by atoms with E-state index < -0.39 is 21.0 Å². The lowest BCUT2D eigenvalue weighted by Crippen LogP contribution is -2.10. The van der Waals surface area contributed by atoms with Crippen molar-refractivity contribution in [2.24, 2.45) is 5.92 Å². The fourth-order valence-electron chi connectivity index (χ4n) is 3.08. The second-order valence-electron chi connectivity index (χ2n) is 6.10. The van der Waals surface area contributed by atoms with Crippen molar-refractivity contribution < 1.29 is 8.42 Å². The maximum Gasteiger partial charge on any atom is 0.183 e. The van der Waals surface area contributed by atoms with Gasteiger partial charge in [-0.1, -0.05) is 48.9 Å². The van der Waals surface area contributed by atoms with Gasteiger partial charge in [-0.25, -0.2) is 8.42 Å². The van der Waals surface area contributed by atoms with Crippen LogP contribution < -0.4 is 0 Å². The molecule has 2 aromatic rings. The van der Waals surface area contributed by atoms with Crippen LogP contribution in [0.3, 0.4) is 0 Å². The molecule has 4 heteroatoms. The zero-order valence-electron chi connectivity index (χ0n) is 13.2. The highest BCUT2D eigenvalue weighted by Gasteiger charge is 2.59. The standard InChI is InChI=1S/C19H19NO2S/c1-3-14-6-8-15(9-7-14)18-17(12-20)19(18)23(21,22)16-10-4-13(2)5-11-16/h4-11,17-19H,3H2,1-2H3/t17-,18+,19-/m0/s1. The van der Waals surface area contributed by atoms with Gasteiger partial charge in [0.15, 0.2) is 9.84 Å². The number of benzene rings is 2. The van der Waals surface area contributed by atoms with Gasteiger partial charge in [-0.3, -0.25) is 0 Å². The third kappa shape index (κ3) is 2.77. The van der Waals surface area contributed by atoms with Crippen molar-refractivity contribution in [3.63, 3.8) is 0 Å². The molecule has 0 bridgehead atoms. The van der Waals surface area contributed by atoms with E-state index in [0.29, 0.717) is 4.90 Å². The minimum atomic E-state index is -3.48. The first-order valence-electron chi connectivity index (χ1n) is 7.78. The predicted molar refractivity (Wildman–Crippen MR) is 89.8 cm³/mol. The summed E-state index contributed by atoms with van der Waals surface area (Å²) in [7, 11) is -3.48. The van der Waals surface area contributed by atoms with Crippen LogP contribution in [0.5, 0.6) is 0 Å². The molecule has 0 aliphatic heterocycles. The molecule has 0 aromatic heterocycles. The third-order valence-electron chi connectivity index (χ3n) is 4.58. The Morgan fingerprint density at radius 3 is 2.17 bits per heavy atom. The van der Waals surface area contributed by atoms with E-state index in [-0.39, 0.29) is 5.92 Å². The number of nitrogens with zero attached hydrogens (tertiary/aromatic N) is 1. The van der Waals surface area contributed by atoms with Crippen LogP contribution in [0.15, 0.2) is 53.4 Å². The maximum absolute atomic E-state index is 12.8. The molecule has 2 aromatic carbocycles. The van der Waals surface area contributed by atoms with Gasteiger partial charge in [-0.15, -0.1) is 0 Å². The van der Waals surface area contributed by atoms with Gasteiger partial charge >= 0.3 is 0 Å². The topological polar surface area (TPSA) is 57.9 Å². The van der Waals surface area contributed by atoms with Crippen LogP contribution in [0, 0.1) is 24.2 Å². The predicted octanol–water partition coefficient (Wildman–Crippen LogP) is 3.64. The number of aryl methyl sites for hydroxylation is 2. The smallest absolute Gasteiger partial charge is 0.183 e. The van der Waals surface area contributed by atoms with Gasteiger partial charge in [-0.2, -0.15) is 5.26 Å². The fourth-order valence-corrected chi connectivity index (χ4v) is 5.15. The van der Waals surface area contributed by atoms with Gasteiger partial charge in [0.25, 0.3) is 0 Å². The van der Waals surface area contributed by atoms with Gasteiger partial charge < -0.3 is 0 Å². The first-order valence-corrected chi connectivity index (χ1v) is 9.32. The number of nitriles is 1. The summed E-state index contributed by atoms with van der Waals surface area (Å²) in [5, 5.41) is 8.71. The van der Waals surface area contributed by atoms with E-state index in [2.05, 4.69) is 13.0 Å². The Kier molecular flexibility index (Phi) is 3.99. The van der Waals surface area contributed by atoms with Crippen molar-refractivity contribution in [3.05, 3.63) is 65.2 Å². The van der Waals surface area contributed by atoms with E-state index in [4.69, 9.17) is 0 Å². The SMILES string of the molecule is CCc1ccc([C@@H]2[C@H](C#N)[C@@H]2S(=O)(=O)c2ccc(C)cc2)cc1. The molecule has 23 heavy (non-hydrogen) atoms. The Morgan fingerprint density at radius 2 is 1.65 bits per heavy atom. The molecule has 1 aliphatic carbocycles. The molecule has 0 radical (unpaired) electrons. The summed E-state index contributed by atoms with van der Waals surface area (Å²) in [6.07, 6.45) is 0.942. The zero-order valence-corrected chi connectivity index (χ0v) is 14.0. The van der Waals surface area contributed by atoms with E-state index >= 15 is 0 Å². The second-order valence-corrected chi connectivity index (χ2v) is 8.20. The Labute approximate surface area is 137 Å². The minimum Gasteiger partial charge on any atom is -0.223 e. The van der Waals surface area contributed by atoms with Crippen molar-refractivity contribution in [2.75, 3.05) is 0 Å². The van der Waals surface area contributed by atoms with E-state index in [0.717, 1.165) is 17.5 Å². The summed E-state index contributed by atoms with van der Waals surface area (Å²) in [5.41, 5.74) is 3.17. The molecule has 0 N–H and O–H groups in total. The van der Waals surface area contributed by atoms with Crippen molar-refractivity contribution in [1.29, 1.82) is 5.26 Å². The zero-order chi connectivity index (χ0) is 16.6. The van der Waals surface area contributed by atoms with E-state index in [1.807, 2.05) is 31.2 Å². The molecule has 0 amide bonds. The van der Waals surface area contributed by atoms with Crippen molar-refractivity contribution in [2.45, 2.75) is 36.3 Å². The normalized spacial score (nSPS) is 23.3. The van der Waals surface area contributed by atoms with E-state index in [9.17, 15) is 13.7 Å². The molecule has 0 spiro atoms. The molecule has 0 saturated heterocycles. The van der Waals surface area contributed by atoms with Crippen LogP contribution in [-0.4, -0.2) is 13.7 Å². The number of hydrogen-bond acceptors (Lipinski definition) is 3. The molecule has 1 fully saturated rings. The van der Waals surface area contributed by atoms with Crippen LogP contribution in [0.25, 0.3) is 0 Å². The number of rotatable bonds is 4. The lowest BCUT2D eigenvalue weighted by atomic mass is 10.1. The summed E-state index contributed by atoms with van der Waals surface area (Å²) in [4.78, 5) is 0.307. The lowest BCUT2D eigenvalue weighted by Gasteiger charge is -2.05. The molecule has 0 heterocycles. The molecule has 3 atom stereocenters. The van der Waals surface area contributed by atoms with E-state index in [1.165, 1.54) is 5.56 Å². The first-order chi connectivity index (χ1) is 11.0. The van der Waals surface area contributed by atoms with Gasteiger partial charge in [0.2, 0.25) is 0 Å². The van der Waals surface area contributed by atoms with Crippen LogP contribution in [0.4, 0.5) is 0 Å². The van der Waals surface area contributed by atoms with E-state index in [1.54, 1.807) is 24.3 Å². The maximum atomic E-state index is 12.8. The Bertz CT molecular complexity index is 846. The highest BCUT2D eigenvalue weighted by Crippen LogP contribution is 2.53. The Balaban J connectivity index is 1.92. The monoisotopic (exact) mass is 325 g/mol. The minimum absolute atomic E-state index is 0.225. The van der Waals surface area contributed by atoms with Crippen LogP contribution in [0.2, 0.25) is 0 Å². The number of sulfone groups is 1. The van der Waals surface area contributed by atoms with Gasteiger partial charge in [-0.05, 0) is 36.6 Å². The largest absolute Gasteiger partial charge is 0.223 e. The highest BCUT2D eigenvalue weighted by atomic mass is 32.2. The molecular formula is C19H19NO2S. The quantitative estimate of drug-likeness (QED) is 0.862. The Hall–Kier alpha value is -2.12. The average molecular weight is 325 g/mol. The number of hydrogen-bond donors (Lipinski definition) is 0. The van der Waals surface area contributed by atoms with Crippen LogP contribution in [-0.2, 0) is 16.3 Å². The molecule has 1 aliphatic rings. The Morgan fingerprint density at radius 1 is 1.04 bits per heavy atom. The van der Waals surface area contributed by atoms with Crippen LogP contribution >= 0.6 is 0 Å². The third-order valence-corrected chi connectivity index (χ3v) is 6.82. The molecule has 3 nitrogen and oxygen atoms in total. The molecule has 0 unspecified atom stereocenters. The van der Waals surface area contributed by atoms with Gasteiger partial charge in [0.1, 0.15) is 0 Å². The van der Waals surface area contributed by atoms with Crippen molar-refractivity contribution >= 4 is 9.84 Å². The molecular weight excluding hydrogens is 306 g/mol. The van der Waals surface area contributed by atoms with Gasteiger partial charge in [0.05, 0.1) is 22.1 Å². The summed E-state index contributed by atoms with van der Waals surface area (Å²) in [5.74, 6) is -0.689. The van der Waals surface area contributed by atoms with Crippen molar-refractivity contribution in [3.8, 4) is 6.07 Å². The molecule has 1 saturated carbocycles. The van der Waals surface area contributed by atoms with Crippen molar-refractivity contribution in [1.82, 2.24) is 0 Å². The van der Waals surface area contributed by atoms with Crippen LogP contribution in [0.1, 0.15) is 29.5 Å². The fraction of sp³-hybridized carbons (Fsp3) is 0.316.